The fourth-order valence-corrected chi connectivity index (χ4v) is 1.63. The van der Waals surface area contributed by atoms with Crippen LogP contribution in [0.4, 0.5) is 5.69 Å². The zero-order valence-corrected chi connectivity index (χ0v) is 10.8. The number of carboxylic acids is 1. The number of anilines is 1. The molecular weight excluding hydrogens is 256 g/mol. The van der Waals surface area contributed by atoms with Gasteiger partial charge in [0.05, 0.1) is 11.4 Å². The second-order valence-corrected chi connectivity index (χ2v) is 4.30. The highest BCUT2D eigenvalue weighted by Crippen LogP contribution is 2.16. The van der Waals surface area contributed by atoms with Crippen molar-refractivity contribution in [2.24, 2.45) is 0 Å². The first kappa shape index (κ1) is 14.4. The third kappa shape index (κ3) is 5.14. The van der Waals surface area contributed by atoms with Crippen LogP contribution >= 0.6 is 11.6 Å². The van der Waals surface area contributed by atoms with Gasteiger partial charge in [0.2, 0.25) is 5.91 Å². The lowest BCUT2D eigenvalue weighted by molar-refractivity contribution is -0.137. The topological polar surface area (TPSA) is 79.3 Å². The number of carbonyl (C=O) groups is 2. The van der Waals surface area contributed by atoms with E-state index in [2.05, 4.69) is 10.3 Å². The number of hydrogen-bond donors (Lipinski definition) is 2. The van der Waals surface area contributed by atoms with Crippen molar-refractivity contribution in [3.63, 3.8) is 0 Å². The third-order valence-electron chi connectivity index (χ3n) is 2.37. The van der Waals surface area contributed by atoms with E-state index in [9.17, 15) is 9.59 Å². The van der Waals surface area contributed by atoms with Gasteiger partial charge in [-0.1, -0.05) is 11.6 Å². The Morgan fingerprint density at radius 1 is 1.33 bits per heavy atom. The minimum atomic E-state index is -0.840. The van der Waals surface area contributed by atoms with Gasteiger partial charge in [-0.05, 0) is 31.9 Å². The molecule has 0 bridgehead atoms. The molecule has 0 aliphatic rings. The largest absolute Gasteiger partial charge is 0.481 e. The van der Waals surface area contributed by atoms with Crippen LogP contribution in [0.15, 0.2) is 12.1 Å². The average molecular weight is 271 g/mol. The highest BCUT2D eigenvalue weighted by Gasteiger charge is 2.06. The number of carboxylic acid groups (broad SMARTS) is 1. The van der Waals surface area contributed by atoms with Gasteiger partial charge in [0.1, 0.15) is 5.15 Å². The molecule has 0 unspecified atom stereocenters. The van der Waals surface area contributed by atoms with E-state index in [0.717, 1.165) is 0 Å². The third-order valence-corrected chi connectivity index (χ3v) is 2.58. The number of amides is 1. The van der Waals surface area contributed by atoms with Crippen LogP contribution in [0, 0.1) is 6.92 Å². The van der Waals surface area contributed by atoms with Crippen LogP contribution in [-0.2, 0) is 9.59 Å². The fourth-order valence-electron chi connectivity index (χ4n) is 1.44. The quantitative estimate of drug-likeness (QED) is 0.615. The number of unbranched alkanes of at least 4 members (excludes halogenated alkanes) is 1. The molecule has 0 aromatic carbocycles. The second kappa shape index (κ2) is 6.96. The Morgan fingerprint density at radius 2 is 2.00 bits per heavy atom. The maximum absolute atomic E-state index is 11.6. The molecule has 1 aromatic heterocycles. The lowest BCUT2D eigenvalue weighted by Gasteiger charge is -2.07. The summed E-state index contributed by atoms with van der Waals surface area (Å²) in [4.78, 5) is 25.9. The molecule has 1 aromatic rings. The summed E-state index contributed by atoms with van der Waals surface area (Å²) in [5.74, 6) is -0.985. The Hall–Kier alpha value is -1.62. The number of halogens is 1. The number of aliphatic carboxylic acids is 1. The molecule has 1 heterocycles. The Kier molecular flexibility index (Phi) is 5.58. The molecule has 0 aliphatic carbocycles. The molecule has 0 radical (unpaired) electrons. The molecule has 0 atom stereocenters. The van der Waals surface area contributed by atoms with Crippen LogP contribution in [0.25, 0.3) is 0 Å². The molecule has 2 N–H and O–H groups in total. The maximum Gasteiger partial charge on any atom is 0.303 e. The van der Waals surface area contributed by atoms with Crippen molar-refractivity contribution in [1.29, 1.82) is 0 Å². The maximum atomic E-state index is 11.6. The van der Waals surface area contributed by atoms with E-state index in [1.54, 1.807) is 19.1 Å². The lowest BCUT2D eigenvalue weighted by atomic mass is 10.2. The molecule has 0 spiro atoms. The fraction of sp³-hybridized carbons (Fsp3) is 0.417. The molecule has 18 heavy (non-hydrogen) atoms. The number of hydrogen-bond acceptors (Lipinski definition) is 3. The molecule has 0 aliphatic heterocycles. The molecule has 1 rings (SSSR count). The second-order valence-electron chi connectivity index (χ2n) is 3.92. The number of nitrogens with zero attached hydrogens (tertiary/aromatic N) is 1. The smallest absolute Gasteiger partial charge is 0.303 e. The SMILES string of the molecule is Cc1nc(Cl)ccc1NC(=O)CCCCC(=O)O. The Labute approximate surface area is 110 Å². The summed E-state index contributed by atoms with van der Waals surface area (Å²) in [7, 11) is 0. The molecule has 0 saturated carbocycles. The van der Waals surface area contributed by atoms with Crippen molar-refractivity contribution in [1.82, 2.24) is 4.98 Å². The Balaban J connectivity index is 2.38. The molecule has 98 valence electrons. The first-order chi connectivity index (χ1) is 8.49. The zero-order valence-electron chi connectivity index (χ0n) is 10.1. The van der Waals surface area contributed by atoms with Gasteiger partial charge in [-0.25, -0.2) is 4.98 Å². The number of rotatable bonds is 6. The van der Waals surface area contributed by atoms with Gasteiger partial charge in [-0.15, -0.1) is 0 Å². The molecule has 1 amide bonds. The van der Waals surface area contributed by atoms with E-state index in [1.165, 1.54) is 0 Å². The summed E-state index contributed by atoms with van der Waals surface area (Å²) in [5.41, 5.74) is 1.28. The lowest BCUT2D eigenvalue weighted by Crippen LogP contribution is -2.12. The molecule has 6 heteroatoms. The van der Waals surface area contributed by atoms with Crippen LogP contribution in [0.5, 0.6) is 0 Å². The Morgan fingerprint density at radius 3 is 2.61 bits per heavy atom. The minimum absolute atomic E-state index is 0.0921. The molecule has 5 nitrogen and oxygen atoms in total. The summed E-state index contributed by atoms with van der Waals surface area (Å²) in [6.45, 7) is 1.76. The van der Waals surface area contributed by atoms with E-state index >= 15 is 0 Å². The summed E-state index contributed by atoms with van der Waals surface area (Å²) < 4.78 is 0. The van der Waals surface area contributed by atoms with Crippen molar-refractivity contribution in [3.05, 3.63) is 23.0 Å². The van der Waals surface area contributed by atoms with Crippen LogP contribution < -0.4 is 5.32 Å². The summed E-state index contributed by atoms with van der Waals surface area (Å²) in [5, 5.41) is 11.6. The van der Waals surface area contributed by atoms with Gasteiger partial charge in [0, 0.05) is 12.8 Å². The number of pyridine rings is 1. The van der Waals surface area contributed by atoms with Crippen molar-refractivity contribution in [2.75, 3.05) is 5.32 Å². The van der Waals surface area contributed by atoms with Crippen molar-refractivity contribution in [2.45, 2.75) is 32.6 Å². The van der Waals surface area contributed by atoms with Gasteiger partial charge < -0.3 is 10.4 Å². The normalized spacial score (nSPS) is 10.1. The van der Waals surface area contributed by atoms with Crippen molar-refractivity contribution < 1.29 is 14.7 Å². The van der Waals surface area contributed by atoms with Crippen LogP contribution in [0.1, 0.15) is 31.4 Å². The summed E-state index contributed by atoms with van der Waals surface area (Å²) in [6, 6.07) is 3.30. The number of aromatic nitrogens is 1. The predicted octanol–water partition coefficient (Wildman–Crippen LogP) is 2.63. The molecule has 0 fully saturated rings. The highest BCUT2D eigenvalue weighted by molar-refractivity contribution is 6.29. The van der Waals surface area contributed by atoms with Gasteiger partial charge >= 0.3 is 5.97 Å². The van der Waals surface area contributed by atoms with Gasteiger partial charge in [0.25, 0.3) is 0 Å². The van der Waals surface area contributed by atoms with E-state index in [-0.39, 0.29) is 12.3 Å². The number of carbonyl (C=O) groups excluding carboxylic acids is 1. The minimum Gasteiger partial charge on any atom is -0.481 e. The zero-order chi connectivity index (χ0) is 13.5. The van der Waals surface area contributed by atoms with E-state index < -0.39 is 5.97 Å². The molecule has 0 saturated heterocycles. The van der Waals surface area contributed by atoms with Crippen LogP contribution in [0.3, 0.4) is 0 Å². The first-order valence-corrected chi connectivity index (χ1v) is 6.01. The number of nitrogens with one attached hydrogen (secondary N) is 1. The van der Waals surface area contributed by atoms with Crippen LogP contribution in [0.2, 0.25) is 5.15 Å². The standard InChI is InChI=1S/C12H15ClN2O3/c1-8-9(6-7-10(13)14-8)15-11(16)4-2-3-5-12(17)18/h6-7H,2-5H2,1H3,(H,15,16)(H,17,18). The van der Waals surface area contributed by atoms with E-state index in [1.807, 2.05) is 0 Å². The monoisotopic (exact) mass is 270 g/mol. The van der Waals surface area contributed by atoms with Crippen LogP contribution in [-0.4, -0.2) is 22.0 Å². The van der Waals surface area contributed by atoms with Crippen molar-refractivity contribution in [3.8, 4) is 0 Å². The Bertz CT molecular complexity index is 449. The predicted molar refractivity (Wildman–Crippen MR) is 68.7 cm³/mol. The summed E-state index contributed by atoms with van der Waals surface area (Å²) >= 11 is 5.71. The van der Waals surface area contributed by atoms with Gasteiger partial charge in [-0.2, -0.15) is 0 Å². The van der Waals surface area contributed by atoms with Crippen molar-refractivity contribution >= 4 is 29.2 Å². The van der Waals surface area contributed by atoms with Gasteiger partial charge in [0.15, 0.2) is 0 Å². The molecular formula is C12H15ClN2O3. The van der Waals surface area contributed by atoms with E-state index in [4.69, 9.17) is 16.7 Å². The highest BCUT2D eigenvalue weighted by atomic mass is 35.5. The summed E-state index contributed by atoms with van der Waals surface area (Å²) in [6.07, 6.45) is 1.45. The number of aryl methyl sites for hydroxylation is 1. The van der Waals surface area contributed by atoms with E-state index in [0.29, 0.717) is 35.8 Å². The van der Waals surface area contributed by atoms with Gasteiger partial charge in [-0.3, -0.25) is 9.59 Å². The average Bonchev–Trinajstić information content (AvgIpc) is 2.28. The first-order valence-electron chi connectivity index (χ1n) is 5.64.